The Labute approximate surface area is 144 Å². The van der Waals surface area contributed by atoms with Crippen molar-refractivity contribution in [2.24, 2.45) is 0 Å². The molecule has 2 aliphatic rings. The number of hydrogen-bond donors (Lipinski definition) is 2. The van der Waals surface area contributed by atoms with Crippen molar-refractivity contribution in [1.82, 2.24) is 10.3 Å². The number of aliphatic hydroxyl groups excluding tert-OH is 1. The summed E-state index contributed by atoms with van der Waals surface area (Å²) in [5.41, 5.74) is 2.56. The van der Waals surface area contributed by atoms with Crippen molar-refractivity contribution in [3.63, 3.8) is 0 Å². The number of fused-ring (bicyclic) bond motifs is 4. The summed E-state index contributed by atoms with van der Waals surface area (Å²) < 4.78 is 5.90. The summed E-state index contributed by atoms with van der Waals surface area (Å²) in [5.74, 6) is 0.466. The highest BCUT2D eigenvalue weighted by atomic mass is 16.3. The SMILES string of the molecule is CNC(C)C(O)c1ccc2oc3cc(=O)c4ccccc4c-3nc2c1. The van der Waals surface area contributed by atoms with Gasteiger partial charge in [0.15, 0.2) is 16.8 Å². The second-order valence-corrected chi connectivity index (χ2v) is 6.23. The molecule has 0 saturated heterocycles. The molecule has 0 radical (unpaired) electrons. The van der Waals surface area contributed by atoms with Crippen molar-refractivity contribution in [2.75, 3.05) is 7.05 Å². The molecular formula is C20H18N2O3. The van der Waals surface area contributed by atoms with Crippen LogP contribution in [0.4, 0.5) is 0 Å². The van der Waals surface area contributed by atoms with Gasteiger partial charge in [0.1, 0.15) is 11.2 Å². The molecule has 0 bridgehead atoms. The molecule has 2 N–H and O–H groups in total. The lowest BCUT2D eigenvalue weighted by molar-refractivity contribution is 0.140. The van der Waals surface area contributed by atoms with Crippen LogP contribution in [0.25, 0.3) is 33.3 Å². The molecule has 2 aromatic rings. The molecule has 2 atom stereocenters. The first kappa shape index (κ1) is 15.7. The Hall–Kier alpha value is -2.76. The average molecular weight is 334 g/mol. The molecule has 4 rings (SSSR count). The molecule has 1 aliphatic heterocycles. The van der Waals surface area contributed by atoms with Gasteiger partial charge in [0.25, 0.3) is 0 Å². The van der Waals surface area contributed by atoms with E-state index >= 15 is 0 Å². The topological polar surface area (TPSA) is 75.4 Å². The fraction of sp³-hybridized carbons (Fsp3) is 0.200. The molecule has 5 nitrogen and oxygen atoms in total. The third-order valence-corrected chi connectivity index (χ3v) is 4.65. The van der Waals surface area contributed by atoms with Crippen molar-refractivity contribution in [3.8, 4) is 11.5 Å². The number of aliphatic hydroxyl groups is 1. The molecule has 25 heavy (non-hydrogen) atoms. The van der Waals surface area contributed by atoms with Gasteiger partial charge < -0.3 is 14.8 Å². The zero-order valence-electron chi connectivity index (χ0n) is 14.0. The highest BCUT2D eigenvalue weighted by molar-refractivity contribution is 5.96. The number of benzene rings is 3. The molecule has 126 valence electrons. The third kappa shape index (κ3) is 2.58. The first-order chi connectivity index (χ1) is 12.1. The summed E-state index contributed by atoms with van der Waals surface area (Å²) in [6.45, 7) is 1.91. The maximum Gasteiger partial charge on any atom is 0.190 e. The van der Waals surface area contributed by atoms with Crippen LogP contribution in [0, 0.1) is 0 Å². The van der Waals surface area contributed by atoms with E-state index in [9.17, 15) is 9.90 Å². The van der Waals surface area contributed by atoms with Gasteiger partial charge in [0.05, 0.1) is 6.10 Å². The molecule has 0 amide bonds. The maximum atomic E-state index is 12.3. The van der Waals surface area contributed by atoms with Gasteiger partial charge in [0.2, 0.25) is 0 Å². The first-order valence-electron chi connectivity index (χ1n) is 8.20. The predicted molar refractivity (Wildman–Crippen MR) is 97.9 cm³/mol. The smallest absolute Gasteiger partial charge is 0.190 e. The molecule has 5 heteroatoms. The van der Waals surface area contributed by atoms with Crippen LogP contribution >= 0.6 is 0 Å². The van der Waals surface area contributed by atoms with E-state index in [1.807, 2.05) is 44.3 Å². The van der Waals surface area contributed by atoms with Crippen molar-refractivity contribution in [1.29, 1.82) is 0 Å². The molecule has 1 heterocycles. The number of rotatable bonds is 3. The van der Waals surface area contributed by atoms with Gasteiger partial charge >= 0.3 is 0 Å². The number of aromatic nitrogens is 1. The Morgan fingerprint density at radius 2 is 1.88 bits per heavy atom. The molecule has 0 spiro atoms. The Morgan fingerprint density at radius 1 is 1.12 bits per heavy atom. The highest BCUT2D eigenvalue weighted by Gasteiger charge is 2.18. The van der Waals surface area contributed by atoms with Crippen LogP contribution in [-0.2, 0) is 0 Å². The number of hydrogen-bond acceptors (Lipinski definition) is 5. The van der Waals surface area contributed by atoms with Gasteiger partial charge in [-0.3, -0.25) is 4.79 Å². The summed E-state index contributed by atoms with van der Waals surface area (Å²) in [5, 5.41) is 14.8. The van der Waals surface area contributed by atoms with Gasteiger partial charge in [-0.05, 0) is 31.7 Å². The lowest BCUT2D eigenvalue weighted by Crippen LogP contribution is -2.28. The van der Waals surface area contributed by atoms with E-state index in [0.717, 1.165) is 10.9 Å². The minimum atomic E-state index is -0.646. The largest absolute Gasteiger partial charge is 0.453 e. The second kappa shape index (κ2) is 5.95. The summed E-state index contributed by atoms with van der Waals surface area (Å²) >= 11 is 0. The molecule has 0 aromatic heterocycles. The van der Waals surface area contributed by atoms with Crippen LogP contribution < -0.4 is 10.7 Å². The normalized spacial score (nSPS) is 14.2. The van der Waals surface area contributed by atoms with Gasteiger partial charge in [-0.15, -0.1) is 0 Å². The quantitative estimate of drug-likeness (QED) is 0.445. The number of likely N-dealkylation sites (N-methyl/N-ethyl adjacent to an activating group) is 1. The van der Waals surface area contributed by atoms with Crippen molar-refractivity contribution in [2.45, 2.75) is 19.1 Å². The van der Waals surface area contributed by atoms with E-state index in [4.69, 9.17) is 9.40 Å². The molecular weight excluding hydrogens is 316 g/mol. The van der Waals surface area contributed by atoms with Crippen LogP contribution in [0.15, 0.2) is 57.7 Å². The Morgan fingerprint density at radius 3 is 2.64 bits per heavy atom. The third-order valence-electron chi connectivity index (χ3n) is 4.65. The van der Waals surface area contributed by atoms with E-state index in [0.29, 0.717) is 27.9 Å². The Balaban J connectivity index is 1.99. The van der Waals surface area contributed by atoms with Crippen molar-refractivity contribution < 1.29 is 9.52 Å². The Kier molecular flexibility index (Phi) is 3.75. The van der Waals surface area contributed by atoms with Gasteiger partial charge in [-0.1, -0.05) is 30.3 Å². The van der Waals surface area contributed by atoms with Gasteiger partial charge in [-0.2, -0.15) is 0 Å². The molecule has 2 unspecified atom stereocenters. The summed E-state index contributed by atoms with van der Waals surface area (Å²) in [7, 11) is 1.81. The molecule has 1 aliphatic carbocycles. The van der Waals surface area contributed by atoms with Crippen molar-refractivity contribution in [3.05, 3.63) is 64.3 Å². The van der Waals surface area contributed by atoms with E-state index in [1.54, 1.807) is 12.1 Å². The summed E-state index contributed by atoms with van der Waals surface area (Å²) in [6, 6.07) is 14.2. The first-order valence-corrected chi connectivity index (χ1v) is 8.20. The van der Waals surface area contributed by atoms with Gasteiger partial charge in [0, 0.05) is 22.9 Å². The average Bonchev–Trinajstić information content (AvgIpc) is 2.65. The van der Waals surface area contributed by atoms with E-state index in [1.165, 1.54) is 6.07 Å². The lowest BCUT2D eigenvalue weighted by Gasteiger charge is -2.19. The van der Waals surface area contributed by atoms with Gasteiger partial charge in [-0.25, -0.2) is 4.98 Å². The fourth-order valence-corrected chi connectivity index (χ4v) is 3.07. The summed E-state index contributed by atoms with van der Waals surface area (Å²) in [4.78, 5) is 17.0. The zero-order valence-corrected chi connectivity index (χ0v) is 14.0. The van der Waals surface area contributed by atoms with Crippen LogP contribution in [0.3, 0.4) is 0 Å². The van der Waals surface area contributed by atoms with E-state index in [2.05, 4.69) is 5.32 Å². The van der Waals surface area contributed by atoms with Crippen LogP contribution in [0.2, 0.25) is 0 Å². The highest BCUT2D eigenvalue weighted by Crippen LogP contribution is 2.31. The monoisotopic (exact) mass is 334 g/mol. The number of nitrogens with one attached hydrogen (secondary N) is 1. The van der Waals surface area contributed by atoms with Crippen molar-refractivity contribution >= 4 is 21.9 Å². The minimum absolute atomic E-state index is 0.0807. The maximum absolute atomic E-state index is 12.3. The van der Waals surface area contributed by atoms with E-state index in [-0.39, 0.29) is 11.5 Å². The lowest BCUT2D eigenvalue weighted by atomic mass is 10.0. The standard InChI is InChI=1S/C20H18N2O3/c1-11(21-2)20(24)12-7-8-17-15(9-12)22-19-14-6-4-3-5-13(14)16(23)10-18(19)25-17/h3-11,20-21,24H,1-2H3. The van der Waals surface area contributed by atoms with Crippen LogP contribution in [0.1, 0.15) is 18.6 Å². The minimum Gasteiger partial charge on any atom is -0.453 e. The predicted octanol–water partition coefficient (Wildman–Crippen LogP) is 3.09. The fourth-order valence-electron chi connectivity index (χ4n) is 3.07. The van der Waals surface area contributed by atoms with Crippen LogP contribution in [-0.4, -0.2) is 23.2 Å². The van der Waals surface area contributed by atoms with E-state index < -0.39 is 6.10 Å². The molecule has 0 fully saturated rings. The molecule has 2 aromatic carbocycles. The zero-order chi connectivity index (χ0) is 17.6. The van der Waals surface area contributed by atoms with Crippen LogP contribution in [0.5, 0.6) is 0 Å². The molecule has 0 saturated carbocycles. The summed E-state index contributed by atoms with van der Waals surface area (Å²) in [6.07, 6.45) is -0.646. The number of nitrogens with zero attached hydrogens (tertiary/aromatic N) is 1. The Bertz CT molecular complexity index is 1100. The second-order valence-electron chi connectivity index (χ2n) is 6.23.